The highest BCUT2D eigenvalue weighted by Crippen LogP contribution is 2.74. The molecule has 0 aliphatic rings. The Balaban J connectivity index is 2.74. The zero-order chi connectivity index (χ0) is 41.7. The number of hydrogen-bond acceptors (Lipinski definition) is 3. The minimum absolute atomic E-state index is 0.511. The average molecular weight is 833 g/mol. The summed E-state index contributed by atoms with van der Waals surface area (Å²) in [6.07, 6.45) is 22.0. The number of unbranched alkanes of at least 4 members (excludes halogenated alkanes) is 12. The van der Waals surface area contributed by atoms with Crippen molar-refractivity contribution in [1.82, 2.24) is 0 Å². The van der Waals surface area contributed by atoms with Crippen LogP contribution in [0.4, 0.5) is 13.2 Å². The summed E-state index contributed by atoms with van der Waals surface area (Å²) in [5.74, 6) is 0. The maximum Gasteiger partial charge on any atom is 0.524 e. The van der Waals surface area contributed by atoms with Crippen LogP contribution in [0.2, 0.25) is 0 Å². The Morgan fingerprint density at radius 2 is 0.754 bits per heavy atom. The van der Waals surface area contributed by atoms with E-state index in [1.54, 1.807) is 0 Å². The maximum absolute atomic E-state index is 15.1. The van der Waals surface area contributed by atoms with E-state index >= 15 is 13.2 Å². The summed E-state index contributed by atoms with van der Waals surface area (Å²) in [4.78, 5) is 1.90. The molecule has 0 atom stereocenters. The zero-order valence-corrected chi connectivity index (χ0v) is 38.0. The molecule has 0 saturated heterocycles. The number of aryl methyl sites for hydroxylation is 6. The topological polar surface area (TPSA) is 43.4 Å². The molecule has 0 amide bonds. The number of benzene rings is 3. The van der Waals surface area contributed by atoms with E-state index in [0.717, 1.165) is 151 Å². The molecule has 0 heterocycles. The second kappa shape index (κ2) is 25.4. The van der Waals surface area contributed by atoms with Crippen molar-refractivity contribution >= 4 is 20.4 Å². The van der Waals surface area contributed by atoms with E-state index in [2.05, 4.69) is 65.8 Å². The third-order valence-electron chi connectivity index (χ3n) is 11.1. The highest BCUT2D eigenvalue weighted by atomic mass is 32.3. The average Bonchev–Trinajstić information content (AvgIpc) is 3.18. The van der Waals surface area contributed by atoms with Gasteiger partial charge in [0.15, 0.2) is 0 Å². The van der Waals surface area contributed by atoms with Crippen molar-refractivity contribution in [2.75, 3.05) is 0 Å². The van der Waals surface area contributed by atoms with Crippen LogP contribution in [0.1, 0.15) is 190 Å². The number of alkyl halides is 3. The summed E-state index contributed by atoms with van der Waals surface area (Å²) in [7, 11) is -9.62. The third-order valence-corrected chi connectivity index (χ3v) is 16.3. The van der Waals surface area contributed by atoms with E-state index in [0.29, 0.717) is 40.4 Å². The van der Waals surface area contributed by atoms with Crippen LogP contribution in [-0.2, 0) is 52.3 Å². The van der Waals surface area contributed by atoms with Crippen LogP contribution in [0.3, 0.4) is 0 Å². The predicted octanol–water partition coefficient (Wildman–Crippen LogP) is 16.1. The molecule has 0 spiro atoms. The Bertz CT molecular complexity index is 1560. The Labute approximate surface area is 348 Å². The summed E-state index contributed by atoms with van der Waals surface area (Å²) >= 11 is 0. The Morgan fingerprint density at radius 3 is 1.04 bits per heavy atom. The molecule has 0 aliphatic heterocycles. The first-order valence-electron chi connectivity index (χ1n) is 22.6. The molecule has 0 aromatic heterocycles. The van der Waals surface area contributed by atoms with Gasteiger partial charge in [-0.1, -0.05) is 161 Å². The first-order chi connectivity index (χ1) is 27.4. The van der Waals surface area contributed by atoms with Gasteiger partial charge in [0.05, 0.1) is 0 Å². The Morgan fingerprint density at radius 1 is 0.456 bits per heavy atom. The zero-order valence-electron chi connectivity index (χ0n) is 36.3. The van der Waals surface area contributed by atoms with E-state index in [9.17, 15) is 8.42 Å². The highest BCUT2D eigenvalue weighted by Gasteiger charge is 2.54. The van der Waals surface area contributed by atoms with Crippen LogP contribution >= 0.6 is 10.3 Å². The van der Waals surface area contributed by atoms with Crippen molar-refractivity contribution in [1.29, 1.82) is 0 Å². The molecule has 3 nitrogen and oxygen atoms in total. The van der Waals surface area contributed by atoms with Gasteiger partial charge >= 0.3 is 15.6 Å². The lowest BCUT2D eigenvalue weighted by Crippen LogP contribution is -2.29. The Hall–Kier alpha value is -2.29. The van der Waals surface area contributed by atoms with Crippen LogP contribution in [0, 0.1) is 0 Å². The molecular formula is C49H75F3O3S2. The maximum atomic E-state index is 15.1. The van der Waals surface area contributed by atoms with E-state index in [1.165, 1.54) is 11.1 Å². The van der Waals surface area contributed by atoms with Crippen molar-refractivity contribution in [2.24, 2.45) is 0 Å². The molecule has 3 aromatic carbocycles. The van der Waals surface area contributed by atoms with Crippen molar-refractivity contribution in [3.63, 3.8) is 0 Å². The summed E-state index contributed by atoms with van der Waals surface area (Å²) in [6.45, 7) is 13.0. The highest BCUT2D eigenvalue weighted by molar-refractivity contribution is 8.33. The third kappa shape index (κ3) is 14.2. The molecular weight excluding hydrogens is 758 g/mol. The lowest BCUT2D eigenvalue weighted by molar-refractivity contribution is -0.0496. The van der Waals surface area contributed by atoms with Gasteiger partial charge in [0.2, 0.25) is 0 Å². The predicted molar refractivity (Wildman–Crippen MR) is 237 cm³/mol. The van der Waals surface area contributed by atoms with E-state index < -0.39 is 25.9 Å². The lowest BCUT2D eigenvalue weighted by atomic mass is 9.95. The molecule has 3 rings (SSSR count). The van der Waals surface area contributed by atoms with Crippen LogP contribution < -0.4 is 0 Å². The number of rotatable bonds is 29. The second-order valence-electron chi connectivity index (χ2n) is 16.1. The van der Waals surface area contributed by atoms with E-state index in [-0.39, 0.29) is 0 Å². The van der Waals surface area contributed by atoms with Crippen LogP contribution in [-0.4, -0.2) is 13.9 Å². The minimum Gasteiger partial charge on any atom is -0.200 e. The molecule has 57 heavy (non-hydrogen) atoms. The van der Waals surface area contributed by atoms with Gasteiger partial charge in [-0.3, -0.25) is 0 Å². The van der Waals surface area contributed by atoms with Crippen molar-refractivity contribution in [3.8, 4) is 0 Å². The van der Waals surface area contributed by atoms with Crippen molar-refractivity contribution < 1.29 is 25.2 Å². The molecule has 8 heteroatoms. The first-order valence-corrected chi connectivity index (χ1v) is 25.6. The number of halogens is 3. The minimum atomic E-state index is -6.09. The van der Waals surface area contributed by atoms with Crippen molar-refractivity contribution in [3.05, 3.63) is 88.0 Å². The first kappa shape index (κ1) is 49.1. The van der Waals surface area contributed by atoms with Gasteiger partial charge in [-0.15, -0.1) is 0 Å². The summed E-state index contributed by atoms with van der Waals surface area (Å²) in [5.41, 5.74) is 0.566. The van der Waals surface area contributed by atoms with Crippen molar-refractivity contribution in [2.45, 2.75) is 216 Å². The molecule has 0 fully saturated rings. The molecule has 0 radical (unpaired) electrons. The molecule has 0 N–H and O–H groups in total. The molecule has 0 unspecified atom stereocenters. The van der Waals surface area contributed by atoms with Gasteiger partial charge in [-0.25, -0.2) is 0 Å². The fourth-order valence-electron chi connectivity index (χ4n) is 8.07. The van der Waals surface area contributed by atoms with Gasteiger partial charge in [0, 0.05) is 14.7 Å². The van der Waals surface area contributed by atoms with E-state index in [1.807, 2.05) is 30.3 Å². The fraction of sp³-hybridized carbons (Fsp3) is 0.633. The summed E-state index contributed by atoms with van der Waals surface area (Å²) in [6, 6.07) is 18.0. The van der Waals surface area contributed by atoms with Crippen LogP contribution in [0.25, 0.3) is 0 Å². The molecule has 3 aromatic rings. The van der Waals surface area contributed by atoms with E-state index in [4.69, 9.17) is 3.63 Å². The lowest BCUT2D eigenvalue weighted by Gasteiger charge is -2.44. The SMILES string of the molecule is CCCCCc1cc(CCCCC)c(S(OS(=O)(=O)C(F)(F)F)(c2ccccc2)c2c(CCCCC)cc(CCCCC)cc2CCCCC)c(CCCCC)c1. The summed E-state index contributed by atoms with van der Waals surface area (Å²) in [5, 5.41) is 0. The fourth-order valence-corrected chi connectivity index (χ4v) is 13.7. The molecule has 322 valence electrons. The van der Waals surface area contributed by atoms with Gasteiger partial charge in [-0.2, -0.15) is 25.2 Å². The molecule has 0 saturated carbocycles. The Kier molecular flexibility index (Phi) is 21.8. The molecule has 0 aliphatic carbocycles. The van der Waals surface area contributed by atoms with Gasteiger partial charge in [0.1, 0.15) is 0 Å². The monoisotopic (exact) mass is 833 g/mol. The quantitative estimate of drug-likeness (QED) is 0.0517. The van der Waals surface area contributed by atoms with Crippen LogP contribution in [0.5, 0.6) is 0 Å². The molecule has 0 bridgehead atoms. The van der Waals surface area contributed by atoms with Gasteiger partial charge < -0.3 is 0 Å². The van der Waals surface area contributed by atoms with Crippen LogP contribution in [0.15, 0.2) is 69.3 Å². The number of hydrogen-bond donors (Lipinski definition) is 0. The van der Waals surface area contributed by atoms with Gasteiger partial charge in [-0.05, 0) is 133 Å². The smallest absolute Gasteiger partial charge is 0.200 e. The summed E-state index contributed by atoms with van der Waals surface area (Å²) < 4.78 is 79.6. The largest absolute Gasteiger partial charge is 0.524 e. The second-order valence-corrected chi connectivity index (χ2v) is 20.4. The standard InChI is InChI=1S/C49H75F3O3S2/c1-7-13-20-28-40-36-42(30-22-15-9-3)47(43(37-40)31-23-16-10-4)56(46-34-26-19-27-35-46,55-57(53,54)49(50,51)52)48-44(32-24-17-11-5)38-41(29-21-14-8-2)39-45(48)33-25-18-12-6/h19,26-27,34-39H,7-18,20-25,28-33H2,1-6H3. The normalized spacial score (nSPS) is 12.7. The van der Waals surface area contributed by atoms with Gasteiger partial charge in [0.25, 0.3) is 0 Å².